The van der Waals surface area contributed by atoms with E-state index in [2.05, 4.69) is 17.6 Å². The van der Waals surface area contributed by atoms with Gasteiger partial charge in [0, 0.05) is 18.7 Å². The van der Waals surface area contributed by atoms with Gasteiger partial charge in [-0.05, 0) is 24.2 Å². The minimum Gasteiger partial charge on any atom is -0.394 e. The molecule has 1 rings (SSSR count). The molecule has 0 aliphatic heterocycles. The van der Waals surface area contributed by atoms with Crippen LogP contribution < -0.4 is 10.6 Å². The molecule has 0 heterocycles. The van der Waals surface area contributed by atoms with Gasteiger partial charge in [-0.2, -0.15) is 0 Å². The Morgan fingerprint density at radius 1 is 1.26 bits per heavy atom. The number of benzene rings is 1. The highest BCUT2D eigenvalue weighted by molar-refractivity contribution is 5.94. The third-order valence-corrected chi connectivity index (χ3v) is 2.56. The van der Waals surface area contributed by atoms with Crippen LogP contribution in [0.5, 0.6) is 0 Å². The lowest BCUT2D eigenvalue weighted by atomic mass is 10.1. The summed E-state index contributed by atoms with van der Waals surface area (Å²) >= 11 is 0. The van der Waals surface area contributed by atoms with Crippen molar-refractivity contribution in [3.05, 3.63) is 35.4 Å². The standard InChI is InChI=1S/C14H22N2O3/c1-2-15-11-12-3-5-13(6-4-12)14(18)16-7-9-19-10-8-17/h3-6,15,17H,2,7-11H2,1H3,(H,16,18). The monoisotopic (exact) mass is 266 g/mol. The van der Waals surface area contributed by atoms with Crippen molar-refractivity contribution in [3.63, 3.8) is 0 Å². The fourth-order valence-electron chi connectivity index (χ4n) is 1.55. The molecule has 0 aliphatic rings. The molecule has 1 aromatic rings. The van der Waals surface area contributed by atoms with E-state index < -0.39 is 0 Å². The van der Waals surface area contributed by atoms with E-state index in [1.54, 1.807) is 0 Å². The molecule has 0 aliphatic carbocycles. The van der Waals surface area contributed by atoms with Crippen molar-refractivity contribution in [2.24, 2.45) is 0 Å². The van der Waals surface area contributed by atoms with Crippen LogP contribution in [-0.4, -0.2) is 43.9 Å². The molecule has 0 radical (unpaired) electrons. The van der Waals surface area contributed by atoms with E-state index in [1.807, 2.05) is 24.3 Å². The number of nitrogens with one attached hydrogen (secondary N) is 2. The van der Waals surface area contributed by atoms with Crippen LogP contribution >= 0.6 is 0 Å². The summed E-state index contributed by atoms with van der Waals surface area (Å²) in [4.78, 5) is 11.8. The van der Waals surface area contributed by atoms with E-state index in [4.69, 9.17) is 9.84 Å². The normalized spacial score (nSPS) is 10.4. The molecule has 0 spiro atoms. The van der Waals surface area contributed by atoms with Gasteiger partial charge in [0.05, 0.1) is 19.8 Å². The maximum Gasteiger partial charge on any atom is 0.251 e. The molecule has 5 heteroatoms. The molecule has 1 aromatic carbocycles. The third kappa shape index (κ3) is 6.33. The van der Waals surface area contributed by atoms with E-state index in [9.17, 15) is 4.79 Å². The summed E-state index contributed by atoms with van der Waals surface area (Å²) in [6, 6.07) is 7.52. The summed E-state index contributed by atoms with van der Waals surface area (Å²) in [6.07, 6.45) is 0. The summed E-state index contributed by atoms with van der Waals surface area (Å²) in [5.41, 5.74) is 1.80. The lowest BCUT2D eigenvalue weighted by Gasteiger charge is -2.07. The molecule has 19 heavy (non-hydrogen) atoms. The van der Waals surface area contributed by atoms with E-state index in [-0.39, 0.29) is 12.5 Å². The highest BCUT2D eigenvalue weighted by Gasteiger charge is 2.04. The number of hydrogen-bond acceptors (Lipinski definition) is 4. The van der Waals surface area contributed by atoms with E-state index in [0.29, 0.717) is 25.3 Å². The number of ether oxygens (including phenoxy) is 1. The molecule has 106 valence electrons. The molecule has 0 fully saturated rings. The molecule has 0 atom stereocenters. The van der Waals surface area contributed by atoms with Gasteiger partial charge in [-0.1, -0.05) is 19.1 Å². The van der Waals surface area contributed by atoms with Gasteiger partial charge in [-0.3, -0.25) is 4.79 Å². The van der Waals surface area contributed by atoms with Gasteiger partial charge in [0.15, 0.2) is 0 Å². The van der Waals surface area contributed by atoms with Crippen LogP contribution in [0.15, 0.2) is 24.3 Å². The van der Waals surface area contributed by atoms with Crippen molar-refractivity contribution in [1.29, 1.82) is 0 Å². The Hall–Kier alpha value is -1.43. The highest BCUT2D eigenvalue weighted by atomic mass is 16.5. The maximum absolute atomic E-state index is 11.8. The fraction of sp³-hybridized carbons (Fsp3) is 0.500. The second kappa shape index (κ2) is 9.49. The average Bonchev–Trinajstić information content (AvgIpc) is 2.45. The van der Waals surface area contributed by atoms with Crippen molar-refractivity contribution in [2.75, 3.05) is 32.9 Å². The fourth-order valence-corrected chi connectivity index (χ4v) is 1.55. The minimum atomic E-state index is -0.109. The molecule has 0 saturated carbocycles. The van der Waals surface area contributed by atoms with Crippen molar-refractivity contribution < 1.29 is 14.6 Å². The van der Waals surface area contributed by atoms with E-state index in [0.717, 1.165) is 18.7 Å². The number of aliphatic hydroxyl groups excluding tert-OH is 1. The van der Waals surface area contributed by atoms with E-state index in [1.165, 1.54) is 0 Å². The van der Waals surface area contributed by atoms with Crippen LogP contribution in [0.25, 0.3) is 0 Å². The zero-order chi connectivity index (χ0) is 13.9. The molecule has 1 amide bonds. The SMILES string of the molecule is CCNCc1ccc(C(=O)NCCOCCO)cc1. The number of amides is 1. The Morgan fingerprint density at radius 3 is 2.63 bits per heavy atom. The number of hydrogen-bond donors (Lipinski definition) is 3. The Labute approximate surface area is 114 Å². The highest BCUT2D eigenvalue weighted by Crippen LogP contribution is 2.04. The Bertz CT molecular complexity index is 365. The predicted octanol–water partition coefficient (Wildman–Crippen LogP) is 0.535. The largest absolute Gasteiger partial charge is 0.394 e. The first-order chi connectivity index (χ1) is 9.27. The molecule has 0 unspecified atom stereocenters. The molecule has 5 nitrogen and oxygen atoms in total. The first-order valence-corrected chi connectivity index (χ1v) is 6.54. The first kappa shape index (κ1) is 15.6. The van der Waals surface area contributed by atoms with Crippen LogP contribution in [0, 0.1) is 0 Å². The topological polar surface area (TPSA) is 70.6 Å². The van der Waals surface area contributed by atoms with E-state index >= 15 is 0 Å². The average molecular weight is 266 g/mol. The molecule has 3 N–H and O–H groups in total. The van der Waals surface area contributed by atoms with Crippen LogP contribution in [0.1, 0.15) is 22.8 Å². The molecular formula is C14H22N2O3. The lowest BCUT2D eigenvalue weighted by Crippen LogP contribution is -2.27. The smallest absolute Gasteiger partial charge is 0.251 e. The van der Waals surface area contributed by atoms with Crippen LogP contribution in [0.2, 0.25) is 0 Å². The van der Waals surface area contributed by atoms with Gasteiger partial charge in [-0.25, -0.2) is 0 Å². The van der Waals surface area contributed by atoms with Gasteiger partial charge in [0.2, 0.25) is 0 Å². The van der Waals surface area contributed by atoms with Gasteiger partial charge >= 0.3 is 0 Å². The van der Waals surface area contributed by atoms with Crippen molar-refractivity contribution in [3.8, 4) is 0 Å². The first-order valence-electron chi connectivity index (χ1n) is 6.54. The molecule has 0 saturated heterocycles. The number of carbonyl (C=O) groups is 1. The maximum atomic E-state index is 11.8. The van der Waals surface area contributed by atoms with Crippen LogP contribution in [0.4, 0.5) is 0 Å². The molecule has 0 aromatic heterocycles. The third-order valence-electron chi connectivity index (χ3n) is 2.56. The summed E-state index contributed by atoms with van der Waals surface area (Å²) < 4.78 is 5.06. The zero-order valence-electron chi connectivity index (χ0n) is 11.3. The minimum absolute atomic E-state index is 0.00119. The summed E-state index contributed by atoms with van der Waals surface area (Å²) in [7, 11) is 0. The quantitative estimate of drug-likeness (QED) is 0.570. The number of carbonyl (C=O) groups excluding carboxylic acids is 1. The van der Waals surface area contributed by atoms with Crippen molar-refractivity contribution in [2.45, 2.75) is 13.5 Å². The van der Waals surface area contributed by atoms with Crippen LogP contribution in [0.3, 0.4) is 0 Å². The van der Waals surface area contributed by atoms with Crippen molar-refractivity contribution in [1.82, 2.24) is 10.6 Å². The number of aliphatic hydroxyl groups is 1. The number of rotatable bonds is 9. The van der Waals surface area contributed by atoms with Crippen LogP contribution in [-0.2, 0) is 11.3 Å². The summed E-state index contributed by atoms with van der Waals surface area (Å²) in [5.74, 6) is -0.109. The zero-order valence-corrected chi connectivity index (χ0v) is 11.3. The lowest BCUT2D eigenvalue weighted by molar-refractivity contribution is 0.0838. The summed E-state index contributed by atoms with van der Waals surface area (Å²) in [6.45, 7) is 4.95. The van der Waals surface area contributed by atoms with Gasteiger partial charge in [0.1, 0.15) is 0 Å². The second-order valence-corrected chi connectivity index (χ2v) is 4.07. The molecular weight excluding hydrogens is 244 g/mol. The Morgan fingerprint density at radius 2 is 2.00 bits per heavy atom. The molecule has 0 bridgehead atoms. The predicted molar refractivity (Wildman–Crippen MR) is 74.1 cm³/mol. The van der Waals surface area contributed by atoms with Gasteiger partial charge in [0.25, 0.3) is 5.91 Å². The second-order valence-electron chi connectivity index (χ2n) is 4.07. The van der Waals surface area contributed by atoms with Gasteiger partial charge in [-0.15, -0.1) is 0 Å². The van der Waals surface area contributed by atoms with Gasteiger partial charge < -0.3 is 20.5 Å². The summed E-state index contributed by atoms with van der Waals surface area (Å²) in [5, 5.41) is 14.5. The Kier molecular flexibility index (Phi) is 7.81. The van der Waals surface area contributed by atoms with Crippen molar-refractivity contribution >= 4 is 5.91 Å². The Balaban J connectivity index is 2.32.